The number of nitrogens with zero attached hydrogens (tertiary/aromatic N) is 2. The molecule has 1 aliphatic heterocycles. The van der Waals surface area contributed by atoms with Crippen LogP contribution >= 0.6 is 0 Å². The molecule has 120 valence electrons. The van der Waals surface area contributed by atoms with E-state index in [0.717, 1.165) is 36.7 Å². The highest BCUT2D eigenvalue weighted by Crippen LogP contribution is 2.47. The van der Waals surface area contributed by atoms with Crippen LogP contribution in [0.1, 0.15) is 36.5 Å². The van der Waals surface area contributed by atoms with Crippen molar-refractivity contribution in [3.8, 4) is 0 Å². The monoisotopic (exact) mass is 311 g/mol. The van der Waals surface area contributed by atoms with Gasteiger partial charge in [0.05, 0.1) is 6.26 Å². The van der Waals surface area contributed by atoms with Crippen LogP contribution in [0, 0.1) is 5.92 Å². The van der Waals surface area contributed by atoms with Gasteiger partial charge in [0, 0.05) is 37.7 Å². The summed E-state index contributed by atoms with van der Waals surface area (Å²) in [6.45, 7) is 2.72. The maximum Gasteiger partial charge on any atom is 0.224 e. The normalized spacial score (nSPS) is 23.0. The van der Waals surface area contributed by atoms with Crippen molar-refractivity contribution in [3.05, 3.63) is 48.0 Å². The van der Waals surface area contributed by atoms with Crippen molar-refractivity contribution >= 4 is 11.7 Å². The molecule has 4 rings (SSSR count). The summed E-state index contributed by atoms with van der Waals surface area (Å²) < 4.78 is 5.38. The predicted molar refractivity (Wildman–Crippen MR) is 87.1 cm³/mol. The van der Waals surface area contributed by atoms with Crippen LogP contribution in [0.3, 0.4) is 0 Å². The van der Waals surface area contributed by atoms with E-state index in [2.05, 4.69) is 21.3 Å². The molecule has 3 heterocycles. The number of anilines is 1. The van der Waals surface area contributed by atoms with Crippen LogP contribution in [-0.2, 0) is 11.3 Å². The first-order chi connectivity index (χ1) is 11.3. The molecular weight excluding hydrogens is 290 g/mol. The Morgan fingerprint density at radius 3 is 3.00 bits per heavy atom. The van der Waals surface area contributed by atoms with Crippen molar-refractivity contribution in [2.45, 2.75) is 31.7 Å². The average molecular weight is 311 g/mol. The van der Waals surface area contributed by atoms with Gasteiger partial charge in [-0.2, -0.15) is 0 Å². The zero-order chi connectivity index (χ0) is 15.6. The SMILES string of the molecule is O=C(NCc1ccnc(N2CCCC2)c1)C1CC1c1ccco1. The van der Waals surface area contributed by atoms with Crippen LogP contribution in [0.4, 0.5) is 5.82 Å². The Morgan fingerprint density at radius 1 is 1.35 bits per heavy atom. The molecule has 2 aromatic heterocycles. The summed E-state index contributed by atoms with van der Waals surface area (Å²) in [5.74, 6) is 2.37. The number of rotatable bonds is 5. The molecule has 23 heavy (non-hydrogen) atoms. The molecule has 0 spiro atoms. The highest BCUT2D eigenvalue weighted by molar-refractivity contribution is 5.82. The predicted octanol–water partition coefficient (Wildman–Crippen LogP) is 2.69. The van der Waals surface area contributed by atoms with E-state index in [1.165, 1.54) is 12.8 Å². The quantitative estimate of drug-likeness (QED) is 0.922. The Hall–Kier alpha value is -2.30. The summed E-state index contributed by atoms with van der Waals surface area (Å²) in [6, 6.07) is 7.88. The molecule has 1 N–H and O–H groups in total. The molecule has 1 saturated carbocycles. The van der Waals surface area contributed by atoms with E-state index in [4.69, 9.17) is 4.42 Å². The molecule has 5 heteroatoms. The highest BCUT2D eigenvalue weighted by Gasteiger charge is 2.45. The number of pyridine rings is 1. The Balaban J connectivity index is 1.32. The molecule has 2 atom stereocenters. The number of aromatic nitrogens is 1. The van der Waals surface area contributed by atoms with Crippen LogP contribution in [-0.4, -0.2) is 24.0 Å². The molecule has 1 saturated heterocycles. The average Bonchev–Trinajstić information content (AvgIpc) is 3.01. The summed E-state index contributed by atoms with van der Waals surface area (Å²) in [6.07, 6.45) is 6.85. The maximum atomic E-state index is 12.2. The van der Waals surface area contributed by atoms with Gasteiger partial charge in [-0.15, -0.1) is 0 Å². The van der Waals surface area contributed by atoms with Crippen LogP contribution in [0.2, 0.25) is 0 Å². The van der Waals surface area contributed by atoms with Gasteiger partial charge in [0.25, 0.3) is 0 Å². The number of amides is 1. The zero-order valence-corrected chi connectivity index (χ0v) is 13.1. The first-order valence-corrected chi connectivity index (χ1v) is 8.32. The van der Waals surface area contributed by atoms with Gasteiger partial charge in [-0.25, -0.2) is 4.98 Å². The standard InChI is InChI=1S/C18H21N3O2/c22-18(15-11-14(15)16-4-3-9-23-16)20-12-13-5-6-19-17(10-13)21-7-1-2-8-21/h3-6,9-10,14-15H,1-2,7-8,11-12H2,(H,20,22). The van der Waals surface area contributed by atoms with Crippen LogP contribution in [0.5, 0.6) is 0 Å². The third kappa shape index (κ3) is 3.09. The molecule has 2 fully saturated rings. The van der Waals surface area contributed by atoms with Crippen molar-refractivity contribution < 1.29 is 9.21 Å². The van der Waals surface area contributed by atoms with Gasteiger partial charge in [0.15, 0.2) is 0 Å². The number of nitrogens with one attached hydrogen (secondary N) is 1. The van der Waals surface area contributed by atoms with Gasteiger partial charge < -0.3 is 14.6 Å². The van der Waals surface area contributed by atoms with Gasteiger partial charge in [-0.05, 0) is 49.1 Å². The third-order valence-corrected chi connectivity index (χ3v) is 4.74. The van der Waals surface area contributed by atoms with E-state index in [1.54, 1.807) is 6.26 Å². The molecule has 0 aromatic carbocycles. The van der Waals surface area contributed by atoms with Crippen molar-refractivity contribution in [3.63, 3.8) is 0 Å². The second-order valence-corrected chi connectivity index (χ2v) is 6.40. The van der Waals surface area contributed by atoms with E-state index in [-0.39, 0.29) is 17.7 Å². The van der Waals surface area contributed by atoms with Gasteiger partial charge in [-0.1, -0.05) is 0 Å². The molecule has 2 unspecified atom stereocenters. The number of hydrogen-bond acceptors (Lipinski definition) is 4. The van der Waals surface area contributed by atoms with E-state index < -0.39 is 0 Å². The molecule has 1 amide bonds. The third-order valence-electron chi connectivity index (χ3n) is 4.74. The molecule has 0 bridgehead atoms. The van der Waals surface area contributed by atoms with Gasteiger partial charge in [0.1, 0.15) is 11.6 Å². The molecule has 2 aromatic rings. The lowest BCUT2D eigenvalue weighted by Gasteiger charge is -2.17. The molecule has 2 aliphatic rings. The Morgan fingerprint density at radius 2 is 2.22 bits per heavy atom. The van der Waals surface area contributed by atoms with Crippen LogP contribution < -0.4 is 10.2 Å². The highest BCUT2D eigenvalue weighted by atomic mass is 16.3. The van der Waals surface area contributed by atoms with Crippen molar-refractivity contribution in [1.82, 2.24) is 10.3 Å². The molecule has 0 radical (unpaired) electrons. The van der Waals surface area contributed by atoms with Crippen molar-refractivity contribution in [1.29, 1.82) is 0 Å². The van der Waals surface area contributed by atoms with E-state index >= 15 is 0 Å². The minimum absolute atomic E-state index is 0.0565. The van der Waals surface area contributed by atoms with Crippen LogP contribution in [0.15, 0.2) is 41.1 Å². The fourth-order valence-electron chi connectivity index (χ4n) is 3.31. The lowest BCUT2D eigenvalue weighted by atomic mass is 10.2. The number of hydrogen-bond donors (Lipinski definition) is 1. The summed E-state index contributed by atoms with van der Waals surface area (Å²) in [7, 11) is 0. The van der Waals surface area contributed by atoms with Crippen molar-refractivity contribution in [2.24, 2.45) is 5.92 Å². The maximum absolute atomic E-state index is 12.2. The Kier molecular flexibility index (Phi) is 3.77. The minimum atomic E-state index is 0.0565. The number of carbonyl (C=O) groups is 1. The lowest BCUT2D eigenvalue weighted by molar-refractivity contribution is -0.122. The second kappa shape index (κ2) is 6.07. The molecule has 1 aliphatic carbocycles. The van der Waals surface area contributed by atoms with Crippen LogP contribution in [0.25, 0.3) is 0 Å². The Labute approximate surface area is 135 Å². The summed E-state index contributed by atoms with van der Waals surface area (Å²) in [5.41, 5.74) is 1.10. The van der Waals surface area contributed by atoms with Gasteiger partial charge in [-0.3, -0.25) is 4.79 Å². The lowest BCUT2D eigenvalue weighted by Crippen LogP contribution is -2.25. The summed E-state index contributed by atoms with van der Waals surface area (Å²) in [4.78, 5) is 19.0. The van der Waals surface area contributed by atoms with E-state index in [9.17, 15) is 4.79 Å². The molecule has 5 nitrogen and oxygen atoms in total. The topological polar surface area (TPSA) is 58.4 Å². The first-order valence-electron chi connectivity index (χ1n) is 8.32. The zero-order valence-electron chi connectivity index (χ0n) is 13.1. The summed E-state index contributed by atoms with van der Waals surface area (Å²) in [5, 5.41) is 3.04. The summed E-state index contributed by atoms with van der Waals surface area (Å²) >= 11 is 0. The Bertz CT molecular complexity index is 677. The molecular formula is C18H21N3O2. The largest absolute Gasteiger partial charge is 0.469 e. The van der Waals surface area contributed by atoms with E-state index in [1.807, 2.05) is 24.4 Å². The van der Waals surface area contributed by atoms with Crippen molar-refractivity contribution in [2.75, 3.05) is 18.0 Å². The second-order valence-electron chi connectivity index (χ2n) is 6.40. The minimum Gasteiger partial charge on any atom is -0.469 e. The number of carbonyl (C=O) groups excluding carboxylic acids is 1. The van der Waals surface area contributed by atoms with Gasteiger partial charge in [0.2, 0.25) is 5.91 Å². The van der Waals surface area contributed by atoms with E-state index in [0.29, 0.717) is 6.54 Å². The fourth-order valence-corrected chi connectivity index (χ4v) is 3.31. The van der Waals surface area contributed by atoms with Gasteiger partial charge >= 0.3 is 0 Å². The number of furan rings is 1. The first kappa shape index (κ1) is 14.3. The fraction of sp³-hybridized carbons (Fsp3) is 0.444. The smallest absolute Gasteiger partial charge is 0.224 e.